The molecule has 1 aliphatic carbocycles. The summed E-state index contributed by atoms with van der Waals surface area (Å²) in [5, 5.41) is 5.16. The van der Waals surface area contributed by atoms with Crippen molar-refractivity contribution in [2.75, 3.05) is 18.5 Å². The van der Waals surface area contributed by atoms with Gasteiger partial charge in [-0.15, -0.1) is 0 Å². The number of ether oxygens (including phenoxy) is 2. The third-order valence-corrected chi connectivity index (χ3v) is 6.75. The van der Waals surface area contributed by atoms with Crippen LogP contribution in [0, 0.1) is 5.92 Å². The lowest BCUT2D eigenvalue weighted by Gasteiger charge is -2.37. The first kappa shape index (κ1) is 17.2. The molecule has 1 aromatic heterocycles. The number of para-hydroxylation sites is 1. The molecule has 2 aromatic carbocycles. The topological polar surface area (TPSA) is 46.3 Å². The minimum atomic E-state index is 0.245. The Morgan fingerprint density at radius 3 is 3.00 bits per heavy atom. The summed E-state index contributed by atoms with van der Waals surface area (Å²) in [5.74, 6) is 1.90. The summed E-state index contributed by atoms with van der Waals surface area (Å²) in [4.78, 5) is 3.45. The van der Waals surface area contributed by atoms with Gasteiger partial charge in [0, 0.05) is 35.3 Å². The SMILES string of the molecule is C1=CC2c3cc(OCC4CCCO4)ccc3NC(c3c[nH]c4ccccc34)C2C1. The van der Waals surface area contributed by atoms with Crippen LogP contribution in [0.15, 0.2) is 60.8 Å². The van der Waals surface area contributed by atoms with Crippen molar-refractivity contribution < 1.29 is 9.47 Å². The third kappa shape index (κ3) is 2.94. The first-order valence-electron chi connectivity index (χ1n) is 10.7. The van der Waals surface area contributed by atoms with Gasteiger partial charge in [0.2, 0.25) is 0 Å². The Morgan fingerprint density at radius 1 is 1.10 bits per heavy atom. The zero-order valence-corrected chi connectivity index (χ0v) is 16.4. The van der Waals surface area contributed by atoms with Gasteiger partial charge in [-0.05, 0) is 60.6 Å². The van der Waals surface area contributed by atoms with E-state index in [2.05, 4.69) is 71.1 Å². The van der Waals surface area contributed by atoms with Crippen LogP contribution in [0.2, 0.25) is 0 Å². The van der Waals surface area contributed by atoms with E-state index >= 15 is 0 Å². The van der Waals surface area contributed by atoms with Crippen molar-refractivity contribution in [2.24, 2.45) is 5.92 Å². The van der Waals surface area contributed by atoms with Crippen LogP contribution in [0.5, 0.6) is 5.75 Å². The summed E-state index contributed by atoms with van der Waals surface area (Å²) < 4.78 is 11.8. The highest BCUT2D eigenvalue weighted by Crippen LogP contribution is 2.51. The average Bonchev–Trinajstić information content (AvgIpc) is 3.52. The predicted molar refractivity (Wildman–Crippen MR) is 116 cm³/mol. The van der Waals surface area contributed by atoms with Crippen LogP contribution in [0.3, 0.4) is 0 Å². The number of fused-ring (bicyclic) bond motifs is 4. The highest BCUT2D eigenvalue weighted by molar-refractivity contribution is 5.84. The molecule has 6 rings (SSSR count). The molecule has 148 valence electrons. The molecule has 0 amide bonds. The molecule has 2 aliphatic heterocycles. The van der Waals surface area contributed by atoms with Crippen molar-refractivity contribution in [3.63, 3.8) is 0 Å². The first-order valence-corrected chi connectivity index (χ1v) is 10.7. The summed E-state index contributed by atoms with van der Waals surface area (Å²) in [6, 6.07) is 15.4. The normalized spacial score (nSPS) is 27.6. The van der Waals surface area contributed by atoms with E-state index in [1.807, 2.05) is 0 Å². The molecule has 0 bridgehead atoms. The molecular weight excluding hydrogens is 360 g/mol. The van der Waals surface area contributed by atoms with Crippen molar-refractivity contribution in [1.82, 2.24) is 4.98 Å². The molecular formula is C25H26N2O2. The number of hydrogen-bond acceptors (Lipinski definition) is 3. The van der Waals surface area contributed by atoms with Gasteiger partial charge in [-0.2, -0.15) is 0 Å². The second-order valence-corrected chi connectivity index (χ2v) is 8.46. The molecule has 4 nitrogen and oxygen atoms in total. The maximum absolute atomic E-state index is 6.08. The summed E-state index contributed by atoms with van der Waals surface area (Å²) in [7, 11) is 0. The molecule has 0 radical (unpaired) electrons. The maximum Gasteiger partial charge on any atom is 0.119 e. The van der Waals surface area contributed by atoms with Crippen molar-refractivity contribution >= 4 is 16.6 Å². The molecule has 0 spiro atoms. The second kappa shape index (κ2) is 6.96. The van der Waals surface area contributed by atoms with E-state index in [9.17, 15) is 0 Å². The lowest BCUT2D eigenvalue weighted by molar-refractivity contribution is 0.0679. The number of aromatic nitrogens is 1. The van der Waals surface area contributed by atoms with Crippen molar-refractivity contribution in [2.45, 2.75) is 37.3 Å². The molecule has 3 heterocycles. The first-order chi connectivity index (χ1) is 14.4. The van der Waals surface area contributed by atoms with Crippen molar-refractivity contribution in [3.05, 3.63) is 71.9 Å². The minimum Gasteiger partial charge on any atom is -0.491 e. The number of anilines is 1. The van der Waals surface area contributed by atoms with E-state index in [1.54, 1.807) is 0 Å². The summed E-state index contributed by atoms with van der Waals surface area (Å²) in [6.45, 7) is 1.51. The van der Waals surface area contributed by atoms with Crippen molar-refractivity contribution in [3.8, 4) is 5.75 Å². The third-order valence-electron chi connectivity index (χ3n) is 6.75. The molecule has 4 heteroatoms. The standard InChI is InChI=1S/C25H26N2O2/c1-2-9-23-19(6-1)22(14-26-23)25-20-8-3-7-18(20)21-13-16(10-11-24(21)27-25)29-15-17-5-4-12-28-17/h1-3,6-7,9-11,13-14,17-18,20,25-27H,4-5,8,12,15H2. The van der Waals surface area contributed by atoms with Crippen LogP contribution in [0.4, 0.5) is 5.69 Å². The van der Waals surface area contributed by atoms with Gasteiger partial charge in [0.25, 0.3) is 0 Å². The smallest absolute Gasteiger partial charge is 0.119 e. The molecule has 4 unspecified atom stereocenters. The number of allylic oxidation sites excluding steroid dienone is 2. The predicted octanol–water partition coefficient (Wildman–Crippen LogP) is 5.55. The van der Waals surface area contributed by atoms with E-state index in [1.165, 1.54) is 27.7 Å². The summed E-state index contributed by atoms with van der Waals surface area (Å²) in [5.41, 5.74) is 5.14. The second-order valence-electron chi connectivity index (χ2n) is 8.46. The van der Waals surface area contributed by atoms with Gasteiger partial charge >= 0.3 is 0 Å². The summed E-state index contributed by atoms with van der Waals surface area (Å²) in [6.07, 6.45) is 10.5. The minimum absolute atomic E-state index is 0.245. The zero-order chi connectivity index (χ0) is 19.2. The van der Waals surface area contributed by atoms with Gasteiger partial charge in [0.15, 0.2) is 0 Å². The van der Waals surface area contributed by atoms with E-state index in [0.29, 0.717) is 24.5 Å². The van der Waals surface area contributed by atoms with Crippen LogP contribution in [0.1, 0.15) is 42.3 Å². The van der Waals surface area contributed by atoms with Gasteiger partial charge in [-0.1, -0.05) is 30.4 Å². The van der Waals surface area contributed by atoms with Gasteiger partial charge < -0.3 is 19.8 Å². The molecule has 3 aliphatic rings. The number of aromatic amines is 1. The van der Waals surface area contributed by atoms with Gasteiger partial charge in [0.05, 0.1) is 12.1 Å². The molecule has 4 atom stereocenters. The Bertz CT molecular complexity index is 1060. The fourth-order valence-corrected chi connectivity index (χ4v) is 5.29. The Hall–Kier alpha value is -2.72. The largest absolute Gasteiger partial charge is 0.491 e. The Morgan fingerprint density at radius 2 is 2.07 bits per heavy atom. The number of hydrogen-bond donors (Lipinski definition) is 2. The Kier molecular flexibility index (Phi) is 4.12. The molecule has 3 aromatic rings. The van der Waals surface area contributed by atoms with Crippen LogP contribution in [0.25, 0.3) is 10.9 Å². The number of H-pyrrole nitrogens is 1. The van der Waals surface area contributed by atoms with E-state index < -0.39 is 0 Å². The molecule has 0 saturated carbocycles. The fourth-order valence-electron chi connectivity index (χ4n) is 5.29. The Labute approximate surface area is 170 Å². The van der Waals surface area contributed by atoms with Crippen molar-refractivity contribution in [1.29, 1.82) is 0 Å². The fraction of sp³-hybridized carbons (Fsp3) is 0.360. The highest BCUT2D eigenvalue weighted by Gasteiger charge is 2.39. The highest BCUT2D eigenvalue weighted by atomic mass is 16.5. The lowest BCUT2D eigenvalue weighted by atomic mass is 9.77. The molecule has 1 saturated heterocycles. The monoisotopic (exact) mass is 386 g/mol. The van der Waals surface area contributed by atoms with E-state index in [-0.39, 0.29) is 6.10 Å². The summed E-state index contributed by atoms with van der Waals surface area (Å²) >= 11 is 0. The number of benzene rings is 2. The number of nitrogens with one attached hydrogen (secondary N) is 2. The average molecular weight is 386 g/mol. The van der Waals surface area contributed by atoms with E-state index in [4.69, 9.17) is 9.47 Å². The van der Waals surface area contributed by atoms with Gasteiger partial charge in [-0.3, -0.25) is 0 Å². The van der Waals surface area contributed by atoms with Gasteiger partial charge in [-0.25, -0.2) is 0 Å². The molecule has 1 fully saturated rings. The lowest BCUT2D eigenvalue weighted by Crippen LogP contribution is -2.29. The Balaban J connectivity index is 1.31. The maximum atomic E-state index is 6.08. The van der Waals surface area contributed by atoms with Crippen LogP contribution in [-0.4, -0.2) is 24.3 Å². The van der Waals surface area contributed by atoms with Gasteiger partial charge in [0.1, 0.15) is 12.4 Å². The molecule has 2 N–H and O–H groups in total. The number of rotatable bonds is 4. The van der Waals surface area contributed by atoms with E-state index in [0.717, 1.165) is 31.6 Å². The molecule has 29 heavy (non-hydrogen) atoms. The zero-order valence-electron chi connectivity index (χ0n) is 16.4. The van der Waals surface area contributed by atoms with Crippen LogP contribution >= 0.6 is 0 Å². The van der Waals surface area contributed by atoms with Crippen LogP contribution < -0.4 is 10.1 Å². The quantitative estimate of drug-likeness (QED) is 0.578. The van der Waals surface area contributed by atoms with Crippen LogP contribution in [-0.2, 0) is 4.74 Å².